The van der Waals surface area contributed by atoms with E-state index >= 15 is 0 Å². The van der Waals surface area contributed by atoms with E-state index in [0.29, 0.717) is 6.04 Å². The maximum atomic E-state index is 6.00. The van der Waals surface area contributed by atoms with Crippen LogP contribution in [0.2, 0.25) is 4.34 Å². The summed E-state index contributed by atoms with van der Waals surface area (Å²) in [5.41, 5.74) is 0. The molecule has 4 heteroatoms. The van der Waals surface area contributed by atoms with Gasteiger partial charge in [-0.2, -0.15) is 0 Å². The zero-order valence-electron chi connectivity index (χ0n) is 7.31. The Morgan fingerprint density at radius 1 is 1.69 bits per heavy atom. The maximum absolute atomic E-state index is 6.00. The minimum absolute atomic E-state index is 0.508. The predicted molar refractivity (Wildman–Crippen MR) is 61.6 cm³/mol. The van der Waals surface area contributed by atoms with Gasteiger partial charge in [-0.15, -0.1) is 11.3 Å². The monoisotopic (exact) mass is 279 g/mol. The van der Waals surface area contributed by atoms with E-state index in [1.807, 2.05) is 7.05 Å². The van der Waals surface area contributed by atoms with E-state index in [4.69, 9.17) is 11.6 Å². The van der Waals surface area contributed by atoms with Crippen LogP contribution in [0.15, 0.2) is 10.5 Å². The van der Waals surface area contributed by atoms with E-state index in [1.54, 1.807) is 11.3 Å². The summed E-state index contributed by atoms with van der Waals surface area (Å²) in [6.45, 7) is 0. The average Bonchev–Trinajstić information content (AvgIpc) is 2.84. The molecule has 0 aliphatic heterocycles. The van der Waals surface area contributed by atoms with Crippen LogP contribution in [0, 0.1) is 5.92 Å². The highest BCUT2D eigenvalue weighted by molar-refractivity contribution is 9.10. The molecule has 1 nitrogen and oxygen atoms in total. The minimum Gasteiger partial charge on any atom is -0.312 e. The molecule has 13 heavy (non-hydrogen) atoms. The molecule has 1 heterocycles. The van der Waals surface area contributed by atoms with Crippen molar-refractivity contribution < 1.29 is 0 Å². The molecular formula is C9H11BrClNS. The summed E-state index contributed by atoms with van der Waals surface area (Å²) < 4.78 is 1.88. The first kappa shape index (κ1) is 9.97. The highest BCUT2D eigenvalue weighted by Crippen LogP contribution is 2.45. The zero-order valence-corrected chi connectivity index (χ0v) is 10.5. The normalized spacial score (nSPS) is 19.0. The van der Waals surface area contributed by atoms with Crippen molar-refractivity contribution in [3.63, 3.8) is 0 Å². The number of nitrogens with one attached hydrogen (secondary N) is 1. The van der Waals surface area contributed by atoms with Gasteiger partial charge in [0, 0.05) is 15.4 Å². The summed E-state index contributed by atoms with van der Waals surface area (Å²) in [6, 6.07) is 2.64. The summed E-state index contributed by atoms with van der Waals surface area (Å²) in [6.07, 6.45) is 2.69. The number of hydrogen-bond donors (Lipinski definition) is 1. The third kappa shape index (κ3) is 2.09. The second-order valence-corrected chi connectivity index (χ2v) is 5.91. The van der Waals surface area contributed by atoms with Gasteiger partial charge in [0.15, 0.2) is 0 Å². The molecule has 72 valence electrons. The standard InChI is InChI=1S/C9H11BrClNS/c1-12-8(5-2-3-5)7-4-6(10)9(11)13-7/h4-5,8,12H,2-3H2,1H3. The number of halogens is 2. The third-order valence-electron chi connectivity index (χ3n) is 2.38. The third-order valence-corrected chi connectivity index (χ3v) is 4.93. The molecular weight excluding hydrogens is 270 g/mol. The Labute approximate surface area is 95.6 Å². The summed E-state index contributed by atoms with van der Waals surface area (Å²) in [5, 5.41) is 3.35. The zero-order chi connectivity index (χ0) is 9.42. The highest BCUT2D eigenvalue weighted by atomic mass is 79.9. The molecule has 1 aromatic heterocycles. The van der Waals surface area contributed by atoms with E-state index in [-0.39, 0.29) is 0 Å². The molecule has 0 spiro atoms. The van der Waals surface area contributed by atoms with Crippen molar-refractivity contribution in [2.24, 2.45) is 5.92 Å². The van der Waals surface area contributed by atoms with Gasteiger partial charge in [0.05, 0.1) is 0 Å². The van der Waals surface area contributed by atoms with Gasteiger partial charge in [-0.25, -0.2) is 0 Å². The van der Waals surface area contributed by atoms with Gasteiger partial charge in [-0.1, -0.05) is 11.6 Å². The van der Waals surface area contributed by atoms with Gasteiger partial charge in [0.2, 0.25) is 0 Å². The van der Waals surface area contributed by atoms with Crippen molar-refractivity contribution in [2.45, 2.75) is 18.9 Å². The molecule has 1 atom stereocenters. The molecule has 0 aromatic carbocycles. The molecule has 0 amide bonds. The fraction of sp³-hybridized carbons (Fsp3) is 0.556. The summed E-state index contributed by atoms with van der Waals surface area (Å²) in [5.74, 6) is 0.826. The fourth-order valence-electron chi connectivity index (χ4n) is 1.56. The Hall–Kier alpha value is 0.430. The summed E-state index contributed by atoms with van der Waals surface area (Å²) >= 11 is 11.1. The lowest BCUT2D eigenvalue weighted by Crippen LogP contribution is -2.16. The van der Waals surface area contributed by atoms with Crippen LogP contribution in [-0.2, 0) is 0 Å². The van der Waals surface area contributed by atoms with Crippen LogP contribution in [-0.4, -0.2) is 7.05 Å². The van der Waals surface area contributed by atoms with Crippen LogP contribution < -0.4 is 5.32 Å². The van der Waals surface area contributed by atoms with Crippen molar-refractivity contribution in [3.05, 3.63) is 19.8 Å². The van der Waals surface area contributed by atoms with Crippen LogP contribution in [0.4, 0.5) is 0 Å². The second kappa shape index (κ2) is 3.89. The number of rotatable bonds is 3. The summed E-state index contributed by atoms with van der Waals surface area (Å²) in [4.78, 5) is 1.35. The van der Waals surface area contributed by atoms with Gasteiger partial charge in [-0.3, -0.25) is 0 Å². The topological polar surface area (TPSA) is 12.0 Å². The lowest BCUT2D eigenvalue weighted by atomic mass is 10.1. The molecule has 1 aromatic rings. The molecule has 1 aliphatic rings. The van der Waals surface area contributed by atoms with Gasteiger partial charge in [0.25, 0.3) is 0 Å². The first-order valence-corrected chi connectivity index (χ1v) is 6.33. The Morgan fingerprint density at radius 2 is 2.38 bits per heavy atom. The van der Waals surface area contributed by atoms with Crippen molar-refractivity contribution in [1.29, 1.82) is 0 Å². The predicted octanol–water partition coefficient (Wildman–Crippen LogP) is 3.83. The lowest BCUT2D eigenvalue weighted by molar-refractivity contribution is 0.537. The molecule has 2 rings (SSSR count). The van der Waals surface area contributed by atoms with E-state index in [0.717, 1.165) is 14.7 Å². The lowest BCUT2D eigenvalue weighted by Gasteiger charge is -2.12. The van der Waals surface area contributed by atoms with Crippen LogP contribution in [0.5, 0.6) is 0 Å². The molecule has 1 unspecified atom stereocenters. The smallest absolute Gasteiger partial charge is 0.107 e. The molecule has 0 saturated heterocycles. The molecule has 1 aliphatic carbocycles. The largest absolute Gasteiger partial charge is 0.312 e. The van der Waals surface area contributed by atoms with E-state index in [1.165, 1.54) is 17.7 Å². The van der Waals surface area contributed by atoms with Gasteiger partial charge >= 0.3 is 0 Å². The minimum atomic E-state index is 0.508. The Bertz CT molecular complexity index is 289. The van der Waals surface area contributed by atoms with Crippen molar-refractivity contribution in [2.75, 3.05) is 7.05 Å². The van der Waals surface area contributed by atoms with Crippen molar-refractivity contribution >= 4 is 38.9 Å². The quantitative estimate of drug-likeness (QED) is 0.887. The van der Waals surface area contributed by atoms with Crippen LogP contribution in [0.25, 0.3) is 0 Å². The Kier molecular flexibility index (Phi) is 2.98. The maximum Gasteiger partial charge on any atom is 0.107 e. The first-order valence-electron chi connectivity index (χ1n) is 4.34. The van der Waals surface area contributed by atoms with Crippen LogP contribution in [0.1, 0.15) is 23.8 Å². The molecule has 1 N–H and O–H groups in total. The average molecular weight is 281 g/mol. The second-order valence-electron chi connectivity index (χ2n) is 3.37. The summed E-state index contributed by atoms with van der Waals surface area (Å²) in [7, 11) is 2.02. The molecule has 0 bridgehead atoms. The number of thiophene rings is 1. The van der Waals surface area contributed by atoms with Gasteiger partial charge in [0.1, 0.15) is 4.34 Å². The fourth-order valence-corrected chi connectivity index (χ4v) is 3.50. The Morgan fingerprint density at radius 3 is 2.77 bits per heavy atom. The van der Waals surface area contributed by atoms with Crippen LogP contribution >= 0.6 is 38.9 Å². The molecule has 0 radical (unpaired) electrons. The highest BCUT2D eigenvalue weighted by Gasteiger charge is 2.32. The van der Waals surface area contributed by atoms with Gasteiger partial charge < -0.3 is 5.32 Å². The SMILES string of the molecule is CNC(c1cc(Br)c(Cl)s1)C1CC1. The van der Waals surface area contributed by atoms with E-state index in [9.17, 15) is 0 Å². The van der Waals surface area contributed by atoms with Crippen LogP contribution in [0.3, 0.4) is 0 Å². The molecule has 1 saturated carbocycles. The van der Waals surface area contributed by atoms with Gasteiger partial charge in [-0.05, 0) is 47.8 Å². The first-order chi connectivity index (χ1) is 6.22. The number of hydrogen-bond acceptors (Lipinski definition) is 2. The van der Waals surface area contributed by atoms with Crippen molar-refractivity contribution in [1.82, 2.24) is 5.32 Å². The van der Waals surface area contributed by atoms with Crippen molar-refractivity contribution in [3.8, 4) is 0 Å². The van der Waals surface area contributed by atoms with E-state index in [2.05, 4.69) is 27.3 Å². The Balaban J connectivity index is 2.21. The molecule has 1 fully saturated rings. The van der Waals surface area contributed by atoms with E-state index < -0.39 is 0 Å².